The zero-order valence-electron chi connectivity index (χ0n) is 13.6. The Morgan fingerprint density at radius 3 is 2.69 bits per heavy atom. The first-order valence-electron chi connectivity index (χ1n) is 7.91. The average molecular weight is 346 g/mol. The molecule has 7 heteroatoms. The van der Waals surface area contributed by atoms with E-state index in [1.807, 2.05) is 12.3 Å². The Hall–Kier alpha value is -3.74. The van der Waals surface area contributed by atoms with E-state index in [9.17, 15) is 4.39 Å². The van der Waals surface area contributed by atoms with Crippen molar-refractivity contribution in [1.29, 1.82) is 5.41 Å². The van der Waals surface area contributed by atoms with Crippen molar-refractivity contribution < 1.29 is 4.39 Å². The topological polar surface area (TPSA) is 103 Å². The molecule has 5 N–H and O–H groups in total. The zero-order valence-corrected chi connectivity index (χ0v) is 13.6. The highest BCUT2D eigenvalue weighted by Gasteiger charge is 2.13. The lowest BCUT2D eigenvalue weighted by molar-refractivity contribution is 0.628. The van der Waals surface area contributed by atoms with Gasteiger partial charge in [-0.05, 0) is 35.9 Å². The van der Waals surface area contributed by atoms with Crippen molar-refractivity contribution in [2.24, 2.45) is 0 Å². The summed E-state index contributed by atoms with van der Waals surface area (Å²) >= 11 is 0. The summed E-state index contributed by atoms with van der Waals surface area (Å²) in [7, 11) is 0. The van der Waals surface area contributed by atoms with Crippen molar-refractivity contribution >= 4 is 34.4 Å². The van der Waals surface area contributed by atoms with Crippen LogP contribution in [0.2, 0.25) is 0 Å². The van der Waals surface area contributed by atoms with Crippen LogP contribution in [0.25, 0.3) is 22.2 Å². The predicted octanol–water partition coefficient (Wildman–Crippen LogP) is 4.09. The molecule has 0 saturated carbocycles. The van der Waals surface area contributed by atoms with E-state index in [0.717, 1.165) is 22.2 Å². The predicted molar refractivity (Wildman–Crippen MR) is 101 cm³/mol. The van der Waals surface area contributed by atoms with Gasteiger partial charge < -0.3 is 21.4 Å². The first-order chi connectivity index (χ1) is 12.7. The number of aromatic nitrogens is 3. The molecule has 6 nitrogen and oxygen atoms in total. The molecule has 0 aliphatic carbocycles. The Morgan fingerprint density at radius 1 is 1.12 bits per heavy atom. The van der Waals surface area contributed by atoms with Crippen LogP contribution in [0.1, 0.15) is 5.56 Å². The van der Waals surface area contributed by atoms with Gasteiger partial charge in [0.05, 0.1) is 5.39 Å². The quantitative estimate of drug-likeness (QED) is 0.330. The third kappa shape index (κ3) is 2.75. The third-order valence-electron chi connectivity index (χ3n) is 4.13. The molecule has 0 aliphatic heterocycles. The molecule has 2 aromatic carbocycles. The SMILES string of the molecule is N=Cc1cc(Nc2ncnc3[nH]cc(-c4ccc(F)cc4)c23)ccc1N. The van der Waals surface area contributed by atoms with Crippen LogP contribution in [0.3, 0.4) is 0 Å². The second kappa shape index (κ2) is 6.29. The minimum Gasteiger partial charge on any atom is -0.398 e. The summed E-state index contributed by atoms with van der Waals surface area (Å²) in [6.45, 7) is 0. The van der Waals surface area contributed by atoms with Crippen LogP contribution in [0.15, 0.2) is 55.0 Å². The Morgan fingerprint density at radius 2 is 1.92 bits per heavy atom. The number of anilines is 3. The number of H-pyrrole nitrogens is 1. The van der Waals surface area contributed by atoms with Gasteiger partial charge >= 0.3 is 0 Å². The molecule has 128 valence electrons. The molecule has 0 amide bonds. The molecule has 4 rings (SSSR count). The number of benzene rings is 2. The maximum absolute atomic E-state index is 13.2. The van der Waals surface area contributed by atoms with Gasteiger partial charge in [-0.15, -0.1) is 0 Å². The normalized spacial score (nSPS) is 10.8. The molecule has 0 bridgehead atoms. The summed E-state index contributed by atoms with van der Waals surface area (Å²) in [5, 5.41) is 11.5. The Bertz CT molecular complexity index is 1100. The summed E-state index contributed by atoms with van der Waals surface area (Å²) in [5.74, 6) is 0.320. The Balaban J connectivity index is 1.81. The van der Waals surface area contributed by atoms with Gasteiger partial charge in [0.25, 0.3) is 0 Å². The van der Waals surface area contributed by atoms with E-state index in [1.54, 1.807) is 24.3 Å². The monoisotopic (exact) mass is 346 g/mol. The molecule has 0 aliphatic rings. The van der Waals surface area contributed by atoms with Crippen LogP contribution in [-0.2, 0) is 0 Å². The summed E-state index contributed by atoms with van der Waals surface area (Å²) in [4.78, 5) is 11.7. The van der Waals surface area contributed by atoms with Gasteiger partial charge in [0.1, 0.15) is 23.6 Å². The summed E-state index contributed by atoms with van der Waals surface area (Å²) in [5.41, 5.74) is 10.1. The van der Waals surface area contributed by atoms with Crippen LogP contribution < -0.4 is 11.1 Å². The largest absolute Gasteiger partial charge is 0.398 e. The highest BCUT2D eigenvalue weighted by atomic mass is 19.1. The van der Waals surface area contributed by atoms with Gasteiger partial charge in [0.15, 0.2) is 0 Å². The van der Waals surface area contributed by atoms with Crippen LogP contribution >= 0.6 is 0 Å². The lowest BCUT2D eigenvalue weighted by Crippen LogP contribution is -1.98. The van der Waals surface area contributed by atoms with Crippen molar-refractivity contribution in [1.82, 2.24) is 15.0 Å². The number of nitrogens with one attached hydrogen (secondary N) is 3. The van der Waals surface area contributed by atoms with Gasteiger partial charge in [-0.3, -0.25) is 0 Å². The molecule has 4 aromatic rings. The van der Waals surface area contributed by atoms with E-state index in [4.69, 9.17) is 11.1 Å². The van der Waals surface area contributed by atoms with Crippen molar-refractivity contribution in [2.45, 2.75) is 0 Å². The number of fused-ring (bicyclic) bond motifs is 1. The maximum atomic E-state index is 13.2. The molecular formula is C19H15FN6. The number of hydrogen-bond donors (Lipinski definition) is 4. The van der Waals surface area contributed by atoms with Gasteiger partial charge in [-0.25, -0.2) is 14.4 Å². The van der Waals surface area contributed by atoms with Gasteiger partial charge in [-0.2, -0.15) is 0 Å². The number of nitrogens with two attached hydrogens (primary N) is 1. The number of nitrogens with zero attached hydrogens (tertiary/aromatic N) is 2. The minimum absolute atomic E-state index is 0.288. The summed E-state index contributed by atoms with van der Waals surface area (Å²) in [6, 6.07) is 11.6. The van der Waals surface area contributed by atoms with Crippen LogP contribution in [-0.4, -0.2) is 21.2 Å². The standard InChI is InChI=1S/C19H15FN6/c20-13-3-1-11(2-4-13)15-9-23-18-17(15)19(25-10-24-18)26-14-5-6-16(22)12(7-14)8-21/h1-10,21H,22H2,(H2,23,24,25,26). The van der Waals surface area contributed by atoms with E-state index in [2.05, 4.69) is 20.3 Å². The zero-order chi connectivity index (χ0) is 18.1. The lowest BCUT2D eigenvalue weighted by atomic mass is 10.1. The molecule has 0 atom stereocenters. The summed E-state index contributed by atoms with van der Waals surface area (Å²) < 4.78 is 13.2. The summed E-state index contributed by atoms with van der Waals surface area (Å²) in [6.07, 6.45) is 4.49. The van der Waals surface area contributed by atoms with Crippen LogP contribution in [0, 0.1) is 11.2 Å². The van der Waals surface area contributed by atoms with Gasteiger partial charge in [0, 0.05) is 34.9 Å². The fraction of sp³-hybridized carbons (Fsp3) is 0. The second-order valence-electron chi connectivity index (χ2n) is 5.77. The molecule has 0 fully saturated rings. The van der Waals surface area contributed by atoms with E-state index in [-0.39, 0.29) is 5.82 Å². The van der Waals surface area contributed by atoms with Gasteiger partial charge in [0.2, 0.25) is 0 Å². The fourth-order valence-corrected chi connectivity index (χ4v) is 2.83. The molecule has 2 heterocycles. The van der Waals surface area contributed by atoms with Crippen molar-refractivity contribution in [2.75, 3.05) is 11.1 Å². The second-order valence-corrected chi connectivity index (χ2v) is 5.77. The van der Waals surface area contributed by atoms with Crippen molar-refractivity contribution in [3.05, 3.63) is 66.4 Å². The molecular weight excluding hydrogens is 331 g/mol. The van der Waals surface area contributed by atoms with E-state index in [0.29, 0.717) is 22.7 Å². The molecule has 0 saturated heterocycles. The lowest BCUT2D eigenvalue weighted by Gasteiger charge is -2.10. The van der Waals surface area contributed by atoms with Crippen LogP contribution in [0.5, 0.6) is 0 Å². The molecule has 0 spiro atoms. The first-order valence-corrected chi connectivity index (χ1v) is 7.91. The molecule has 0 radical (unpaired) electrons. The van der Waals surface area contributed by atoms with Crippen molar-refractivity contribution in [3.8, 4) is 11.1 Å². The number of hydrogen-bond acceptors (Lipinski definition) is 5. The maximum Gasteiger partial charge on any atom is 0.143 e. The van der Waals surface area contributed by atoms with E-state index in [1.165, 1.54) is 24.7 Å². The smallest absolute Gasteiger partial charge is 0.143 e. The highest BCUT2D eigenvalue weighted by Crippen LogP contribution is 2.33. The van der Waals surface area contributed by atoms with Crippen molar-refractivity contribution in [3.63, 3.8) is 0 Å². The molecule has 2 aromatic heterocycles. The number of halogens is 1. The number of rotatable bonds is 4. The average Bonchev–Trinajstić information content (AvgIpc) is 3.09. The van der Waals surface area contributed by atoms with E-state index < -0.39 is 0 Å². The molecule has 0 unspecified atom stereocenters. The minimum atomic E-state index is -0.288. The Labute approximate surface area is 148 Å². The highest BCUT2D eigenvalue weighted by molar-refractivity contribution is 6.02. The Kier molecular flexibility index (Phi) is 3.81. The van der Waals surface area contributed by atoms with E-state index >= 15 is 0 Å². The van der Waals surface area contributed by atoms with Gasteiger partial charge in [-0.1, -0.05) is 12.1 Å². The molecule has 26 heavy (non-hydrogen) atoms. The number of aromatic amines is 1. The number of nitrogen functional groups attached to an aromatic ring is 1. The van der Waals surface area contributed by atoms with Crippen LogP contribution in [0.4, 0.5) is 21.6 Å². The first kappa shape index (κ1) is 15.8. The third-order valence-corrected chi connectivity index (χ3v) is 4.13. The fourth-order valence-electron chi connectivity index (χ4n) is 2.83.